The van der Waals surface area contributed by atoms with Crippen LogP contribution in [0, 0.1) is 5.92 Å². The van der Waals surface area contributed by atoms with Crippen molar-refractivity contribution in [3.05, 3.63) is 20.8 Å². The quantitative estimate of drug-likeness (QED) is 0.864. The van der Waals surface area contributed by atoms with E-state index in [-0.39, 0.29) is 0 Å². The molecule has 2 N–H and O–H groups in total. The van der Waals surface area contributed by atoms with Gasteiger partial charge in [0.15, 0.2) is 0 Å². The average molecular weight is 262 g/mol. The molecule has 1 nitrogen and oxygen atoms in total. The number of hydrogen-bond acceptors (Lipinski definition) is 2. The summed E-state index contributed by atoms with van der Waals surface area (Å²) in [6.45, 7) is 3.08. The maximum atomic E-state index is 5.50. The van der Waals surface area contributed by atoms with Gasteiger partial charge < -0.3 is 5.73 Å². The standard InChI is InChI=1S/C10H16BrNS/c1-8(4-6-12)2-3-10-9(11)5-7-13-10/h5,7-8H,2-4,6,12H2,1H3. The first kappa shape index (κ1) is 11.2. The molecule has 1 rings (SSSR count). The van der Waals surface area contributed by atoms with Gasteiger partial charge in [0.05, 0.1) is 0 Å². The van der Waals surface area contributed by atoms with Gasteiger partial charge >= 0.3 is 0 Å². The second-order valence-electron chi connectivity index (χ2n) is 3.41. The normalized spacial score (nSPS) is 13.2. The van der Waals surface area contributed by atoms with Crippen molar-refractivity contribution in [2.45, 2.75) is 26.2 Å². The highest BCUT2D eigenvalue weighted by Gasteiger charge is 2.04. The van der Waals surface area contributed by atoms with Gasteiger partial charge in [0.1, 0.15) is 0 Å². The molecule has 1 unspecified atom stereocenters. The first-order valence-corrected chi connectivity index (χ1v) is 6.33. The summed E-state index contributed by atoms with van der Waals surface area (Å²) in [5, 5.41) is 2.13. The van der Waals surface area contributed by atoms with Crippen molar-refractivity contribution in [2.75, 3.05) is 6.54 Å². The molecule has 0 saturated heterocycles. The molecule has 3 heteroatoms. The van der Waals surface area contributed by atoms with Crippen LogP contribution in [0.25, 0.3) is 0 Å². The van der Waals surface area contributed by atoms with E-state index in [1.807, 2.05) is 11.3 Å². The summed E-state index contributed by atoms with van der Waals surface area (Å²) in [6.07, 6.45) is 3.57. The lowest BCUT2D eigenvalue weighted by atomic mass is 10.0. The Bertz CT molecular complexity index is 247. The van der Waals surface area contributed by atoms with Crippen molar-refractivity contribution in [1.82, 2.24) is 0 Å². The van der Waals surface area contributed by atoms with E-state index in [9.17, 15) is 0 Å². The van der Waals surface area contributed by atoms with E-state index >= 15 is 0 Å². The smallest absolute Gasteiger partial charge is 0.0314 e. The molecule has 1 aromatic rings. The van der Waals surface area contributed by atoms with Gasteiger partial charge in [-0.25, -0.2) is 0 Å². The molecule has 0 aliphatic heterocycles. The first-order valence-electron chi connectivity index (χ1n) is 4.66. The van der Waals surface area contributed by atoms with Crippen LogP contribution in [0.1, 0.15) is 24.6 Å². The van der Waals surface area contributed by atoms with Crippen LogP contribution in [0.2, 0.25) is 0 Å². The Morgan fingerprint density at radius 1 is 1.54 bits per heavy atom. The zero-order valence-electron chi connectivity index (χ0n) is 7.92. The van der Waals surface area contributed by atoms with Crippen LogP contribution < -0.4 is 5.73 Å². The number of rotatable bonds is 5. The van der Waals surface area contributed by atoms with Crippen LogP contribution in [-0.4, -0.2) is 6.54 Å². The molecule has 0 fully saturated rings. The highest BCUT2D eigenvalue weighted by atomic mass is 79.9. The number of halogens is 1. The number of thiophene rings is 1. The van der Waals surface area contributed by atoms with Crippen LogP contribution in [0.4, 0.5) is 0 Å². The molecular formula is C10H16BrNS. The van der Waals surface area contributed by atoms with Crippen LogP contribution in [0.15, 0.2) is 15.9 Å². The summed E-state index contributed by atoms with van der Waals surface area (Å²) in [5.74, 6) is 0.749. The Hall–Kier alpha value is 0.140. The van der Waals surface area contributed by atoms with Crippen molar-refractivity contribution in [2.24, 2.45) is 11.7 Å². The average Bonchev–Trinajstić information content (AvgIpc) is 2.48. The summed E-state index contributed by atoms with van der Waals surface area (Å²) < 4.78 is 1.26. The topological polar surface area (TPSA) is 26.0 Å². The summed E-state index contributed by atoms with van der Waals surface area (Å²) in [7, 11) is 0. The third kappa shape index (κ3) is 3.79. The van der Waals surface area contributed by atoms with Crippen molar-refractivity contribution in [3.63, 3.8) is 0 Å². The summed E-state index contributed by atoms with van der Waals surface area (Å²) in [5.41, 5.74) is 5.50. The van der Waals surface area contributed by atoms with Gasteiger partial charge in [0.25, 0.3) is 0 Å². The zero-order valence-corrected chi connectivity index (χ0v) is 10.3. The fourth-order valence-electron chi connectivity index (χ4n) is 1.31. The highest BCUT2D eigenvalue weighted by molar-refractivity contribution is 9.10. The summed E-state index contributed by atoms with van der Waals surface area (Å²) in [6, 6.07) is 2.12. The third-order valence-corrected chi connectivity index (χ3v) is 4.20. The lowest BCUT2D eigenvalue weighted by Crippen LogP contribution is -2.06. The molecule has 0 bridgehead atoms. The molecule has 1 heterocycles. The van der Waals surface area contributed by atoms with Gasteiger partial charge in [-0.3, -0.25) is 0 Å². The van der Waals surface area contributed by atoms with E-state index in [4.69, 9.17) is 5.73 Å². The Morgan fingerprint density at radius 2 is 2.31 bits per heavy atom. The van der Waals surface area contributed by atoms with Crippen molar-refractivity contribution >= 4 is 27.3 Å². The maximum Gasteiger partial charge on any atom is 0.0314 e. The highest BCUT2D eigenvalue weighted by Crippen LogP contribution is 2.25. The van der Waals surface area contributed by atoms with Crippen molar-refractivity contribution in [1.29, 1.82) is 0 Å². The second kappa shape index (κ2) is 5.78. The molecule has 0 aliphatic rings. The minimum atomic E-state index is 0.749. The van der Waals surface area contributed by atoms with Gasteiger partial charge in [-0.2, -0.15) is 0 Å². The molecule has 0 aromatic carbocycles. The fraction of sp³-hybridized carbons (Fsp3) is 0.600. The minimum Gasteiger partial charge on any atom is -0.330 e. The minimum absolute atomic E-state index is 0.749. The Kier molecular flexibility index (Phi) is 4.99. The Labute approximate surface area is 92.5 Å². The van der Waals surface area contributed by atoms with Gasteiger partial charge in [-0.1, -0.05) is 6.92 Å². The van der Waals surface area contributed by atoms with E-state index in [2.05, 4.69) is 34.3 Å². The Morgan fingerprint density at radius 3 is 2.85 bits per heavy atom. The van der Waals surface area contributed by atoms with E-state index < -0.39 is 0 Å². The van der Waals surface area contributed by atoms with Gasteiger partial charge in [0, 0.05) is 9.35 Å². The molecule has 74 valence electrons. The predicted octanol–water partition coefficient (Wildman–Crippen LogP) is 3.43. The molecule has 0 spiro atoms. The second-order valence-corrected chi connectivity index (χ2v) is 5.27. The van der Waals surface area contributed by atoms with Gasteiger partial charge in [-0.15, -0.1) is 11.3 Å². The van der Waals surface area contributed by atoms with Crippen LogP contribution in [0.3, 0.4) is 0 Å². The summed E-state index contributed by atoms with van der Waals surface area (Å²) >= 11 is 5.37. The SMILES string of the molecule is CC(CCN)CCc1sccc1Br. The molecule has 1 aromatic heterocycles. The summed E-state index contributed by atoms with van der Waals surface area (Å²) in [4.78, 5) is 1.46. The van der Waals surface area contributed by atoms with Crippen molar-refractivity contribution < 1.29 is 0 Å². The molecular weight excluding hydrogens is 246 g/mol. The van der Waals surface area contributed by atoms with Gasteiger partial charge in [-0.05, 0) is 59.1 Å². The molecule has 0 radical (unpaired) electrons. The van der Waals surface area contributed by atoms with E-state index in [0.717, 1.165) is 18.9 Å². The molecule has 1 atom stereocenters. The number of aryl methyl sites for hydroxylation is 1. The maximum absolute atomic E-state index is 5.50. The van der Waals surface area contributed by atoms with E-state index in [1.54, 1.807) is 0 Å². The Balaban J connectivity index is 2.30. The van der Waals surface area contributed by atoms with Crippen molar-refractivity contribution in [3.8, 4) is 0 Å². The zero-order chi connectivity index (χ0) is 9.68. The third-order valence-electron chi connectivity index (χ3n) is 2.21. The monoisotopic (exact) mass is 261 g/mol. The lowest BCUT2D eigenvalue weighted by molar-refractivity contribution is 0.501. The van der Waals surface area contributed by atoms with E-state index in [1.165, 1.54) is 22.2 Å². The van der Waals surface area contributed by atoms with E-state index in [0.29, 0.717) is 0 Å². The fourth-order valence-corrected chi connectivity index (χ4v) is 2.88. The molecule has 0 aliphatic carbocycles. The molecule has 0 amide bonds. The number of nitrogens with two attached hydrogens (primary N) is 1. The lowest BCUT2D eigenvalue weighted by Gasteiger charge is -2.08. The molecule has 0 saturated carbocycles. The van der Waals surface area contributed by atoms with Gasteiger partial charge in [0.2, 0.25) is 0 Å². The molecule has 13 heavy (non-hydrogen) atoms. The first-order chi connectivity index (χ1) is 6.24. The van der Waals surface area contributed by atoms with Crippen LogP contribution >= 0.6 is 27.3 Å². The number of hydrogen-bond donors (Lipinski definition) is 1. The predicted molar refractivity (Wildman–Crippen MR) is 63.2 cm³/mol. The largest absolute Gasteiger partial charge is 0.330 e. The van der Waals surface area contributed by atoms with Crippen LogP contribution in [-0.2, 0) is 6.42 Å². The van der Waals surface area contributed by atoms with Crippen LogP contribution in [0.5, 0.6) is 0 Å².